The van der Waals surface area contributed by atoms with Gasteiger partial charge in [0.1, 0.15) is 0 Å². The lowest BCUT2D eigenvalue weighted by molar-refractivity contribution is 0.0369. The fraction of sp³-hybridized carbons (Fsp3) is 1.00. The summed E-state index contributed by atoms with van der Waals surface area (Å²) in [5, 5.41) is 3.45. The quantitative estimate of drug-likeness (QED) is 0.602. The smallest absolute Gasteiger partial charge is 0.0594 e. The van der Waals surface area contributed by atoms with Gasteiger partial charge in [0.25, 0.3) is 0 Å². The van der Waals surface area contributed by atoms with Crippen molar-refractivity contribution in [3.05, 3.63) is 0 Å². The van der Waals surface area contributed by atoms with E-state index in [-0.39, 0.29) is 0 Å². The average molecular weight is 258 g/mol. The van der Waals surface area contributed by atoms with Crippen molar-refractivity contribution in [3.63, 3.8) is 0 Å². The van der Waals surface area contributed by atoms with Gasteiger partial charge in [0.15, 0.2) is 0 Å². The van der Waals surface area contributed by atoms with Crippen LogP contribution in [-0.4, -0.2) is 63.5 Å². The van der Waals surface area contributed by atoms with Crippen molar-refractivity contribution in [1.29, 1.82) is 0 Å². The molecule has 0 amide bonds. The normalized spacial score (nSPS) is 17.5. The molecule has 0 atom stereocenters. The first-order chi connectivity index (χ1) is 8.86. The van der Waals surface area contributed by atoms with Gasteiger partial charge in [0.05, 0.1) is 25.9 Å². The summed E-state index contributed by atoms with van der Waals surface area (Å²) in [6.07, 6.45) is 3.90. The second-order valence-electron chi connectivity index (χ2n) is 4.87. The van der Waals surface area contributed by atoms with Crippen LogP contribution in [0.25, 0.3) is 0 Å². The van der Waals surface area contributed by atoms with Crippen molar-refractivity contribution < 1.29 is 9.47 Å². The molecular formula is C14H30N2O2. The maximum Gasteiger partial charge on any atom is 0.0594 e. The van der Waals surface area contributed by atoms with Gasteiger partial charge in [-0.25, -0.2) is 0 Å². The predicted octanol–water partition coefficient (Wildman–Crippen LogP) is 1.50. The lowest BCUT2D eigenvalue weighted by Gasteiger charge is -2.26. The van der Waals surface area contributed by atoms with E-state index in [0.29, 0.717) is 6.10 Å². The molecule has 18 heavy (non-hydrogen) atoms. The third-order valence-electron chi connectivity index (χ3n) is 3.47. The van der Waals surface area contributed by atoms with E-state index >= 15 is 0 Å². The van der Waals surface area contributed by atoms with Gasteiger partial charge in [-0.3, -0.25) is 4.90 Å². The monoisotopic (exact) mass is 258 g/mol. The Labute approximate surface area is 112 Å². The molecule has 1 aliphatic heterocycles. The average Bonchev–Trinajstić information content (AvgIpc) is 2.43. The zero-order valence-corrected chi connectivity index (χ0v) is 12.1. The Morgan fingerprint density at radius 1 is 1.17 bits per heavy atom. The number of ether oxygens (including phenoxy) is 2. The van der Waals surface area contributed by atoms with Crippen LogP contribution in [0.1, 0.15) is 33.1 Å². The van der Waals surface area contributed by atoms with Crippen LogP contribution in [0.15, 0.2) is 0 Å². The van der Waals surface area contributed by atoms with Crippen molar-refractivity contribution in [2.24, 2.45) is 0 Å². The minimum absolute atomic E-state index is 0.445. The van der Waals surface area contributed by atoms with Crippen molar-refractivity contribution in [1.82, 2.24) is 10.2 Å². The largest absolute Gasteiger partial charge is 0.379 e. The number of hydrogen-bond acceptors (Lipinski definition) is 4. The molecule has 0 aromatic carbocycles. The van der Waals surface area contributed by atoms with E-state index in [1.165, 1.54) is 13.0 Å². The molecule has 0 aliphatic carbocycles. The van der Waals surface area contributed by atoms with Crippen LogP contribution < -0.4 is 5.32 Å². The highest BCUT2D eigenvalue weighted by Crippen LogP contribution is 2.01. The van der Waals surface area contributed by atoms with E-state index in [2.05, 4.69) is 24.1 Å². The van der Waals surface area contributed by atoms with Gasteiger partial charge in [0.2, 0.25) is 0 Å². The first-order valence-electron chi connectivity index (χ1n) is 7.49. The van der Waals surface area contributed by atoms with Crippen molar-refractivity contribution >= 4 is 0 Å². The standard InChI is InChI=1S/C14H30N2O2/c1-3-14(4-2)18-11-7-15-6-5-8-16-9-12-17-13-10-16/h14-15H,3-13H2,1-2H3. The SMILES string of the molecule is CCC(CC)OCCNCCCN1CCOCC1. The Hall–Kier alpha value is -0.160. The van der Waals surface area contributed by atoms with Gasteiger partial charge in [-0.2, -0.15) is 0 Å². The van der Waals surface area contributed by atoms with Crippen LogP contribution >= 0.6 is 0 Å². The number of nitrogens with one attached hydrogen (secondary N) is 1. The molecule has 4 heteroatoms. The zero-order chi connectivity index (χ0) is 13.1. The zero-order valence-electron chi connectivity index (χ0n) is 12.1. The Balaban J connectivity index is 1.83. The van der Waals surface area contributed by atoms with Crippen LogP contribution in [0.5, 0.6) is 0 Å². The molecule has 0 aromatic heterocycles. The van der Waals surface area contributed by atoms with Crippen LogP contribution in [0.4, 0.5) is 0 Å². The third kappa shape index (κ3) is 7.31. The molecular weight excluding hydrogens is 228 g/mol. The lowest BCUT2D eigenvalue weighted by Crippen LogP contribution is -2.37. The summed E-state index contributed by atoms with van der Waals surface area (Å²) in [6, 6.07) is 0. The number of rotatable bonds is 10. The second kappa shape index (κ2) is 10.7. The summed E-state index contributed by atoms with van der Waals surface area (Å²) in [4.78, 5) is 2.48. The highest BCUT2D eigenvalue weighted by molar-refractivity contribution is 4.62. The van der Waals surface area contributed by atoms with E-state index in [1.54, 1.807) is 0 Å². The highest BCUT2D eigenvalue weighted by atomic mass is 16.5. The molecule has 0 unspecified atom stereocenters. The second-order valence-corrected chi connectivity index (χ2v) is 4.87. The predicted molar refractivity (Wildman–Crippen MR) is 75.1 cm³/mol. The minimum Gasteiger partial charge on any atom is -0.379 e. The van der Waals surface area contributed by atoms with E-state index in [1.807, 2.05) is 0 Å². The van der Waals surface area contributed by atoms with Crippen LogP contribution in [0, 0.1) is 0 Å². The summed E-state index contributed by atoms with van der Waals surface area (Å²) in [6.45, 7) is 12.4. The van der Waals surface area contributed by atoms with Crippen molar-refractivity contribution in [3.8, 4) is 0 Å². The van der Waals surface area contributed by atoms with Crippen molar-refractivity contribution in [2.75, 3.05) is 52.5 Å². The number of nitrogens with zero attached hydrogens (tertiary/aromatic N) is 1. The van der Waals surface area contributed by atoms with E-state index < -0.39 is 0 Å². The molecule has 0 spiro atoms. The number of morpholine rings is 1. The van der Waals surface area contributed by atoms with Gasteiger partial charge in [-0.15, -0.1) is 0 Å². The van der Waals surface area contributed by atoms with E-state index in [4.69, 9.17) is 9.47 Å². The Bertz CT molecular complexity index is 181. The molecule has 1 rings (SSSR count). The van der Waals surface area contributed by atoms with Crippen LogP contribution in [-0.2, 0) is 9.47 Å². The maximum atomic E-state index is 5.75. The minimum atomic E-state index is 0.445. The Morgan fingerprint density at radius 3 is 2.56 bits per heavy atom. The summed E-state index contributed by atoms with van der Waals surface area (Å²) >= 11 is 0. The van der Waals surface area contributed by atoms with Crippen molar-refractivity contribution in [2.45, 2.75) is 39.2 Å². The molecule has 0 saturated carbocycles. The van der Waals surface area contributed by atoms with Crippen LogP contribution in [0.2, 0.25) is 0 Å². The summed E-state index contributed by atoms with van der Waals surface area (Å²) in [5.41, 5.74) is 0. The molecule has 1 N–H and O–H groups in total. The number of hydrogen-bond donors (Lipinski definition) is 1. The molecule has 4 nitrogen and oxygen atoms in total. The summed E-state index contributed by atoms with van der Waals surface area (Å²) in [5.74, 6) is 0. The summed E-state index contributed by atoms with van der Waals surface area (Å²) < 4.78 is 11.1. The highest BCUT2D eigenvalue weighted by Gasteiger charge is 2.08. The van der Waals surface area contributed by atoms with Crippen LogP contribution in [0.3, 0.4) is 0 Å². The van der Waals surface area contributed by atoms with Gasteiger partial charge < -0.3 is 14.8 Å². The fourth-order valence-electron chi connectivity index (χ4n) is 2.20. The molecule has 1 saturated heterocycles. The molecule has 0 bridgehead atoms. The molecule has 1 heterocycles. The molecule has 1 aliphatic rings. The van der Waals surface area contributed by atoms with E-state index in [9.17, 15) is 0 Å². The van der Waals surface area contributed by atoms with Gasteiger partial charge in [-0.1, -0.05) is 13.8 Å². The third-order valence-corrected chi connectivity index (χ3v) is 3.47. The Morgan fingerprint density at radius 2 is 1.89 bits per heavy atom. The van der Waals surface area contributed by atoms with Gasteiger partial charge in [0, 0.05) is 19.6 Å². The molecule has 0 aromatic rings. The lowest BCUT2D eigenvalue weighted by atomic mass is 10.2. The topological polar surface area (TPSA) is 33.7 Å². The first-order valence-corrected chi connectivity index (χ1v) is 7.49. The maximum absolute atomic E-state index is 5.75. The van der Waals surface area contributed by atoms with E-state index in [0.717, 1.165) is 58.8 Å². The molecule has 1 fully saturated rings. The first kappa shape index (κ1) is 15.9. The van der Waals surface area contributed by atoms with Gasteiger partial charge >= 0.3 is 0 Å². The fourth-order valence-corrected chi connectivity index (χ4v) is 2.20. The van der Waals surface area contributed by atoms with Gasteiger partial charge in [-0.05, 0) is 32.4 Å². The summed E-state index contributed by atoms with van der Waals surface area (Å²) in [7, 11) is 0. The molecule has 0 radical (unpaired) electrons. The molecule has 108 valence electrons. The Kier molecular flexibility index (Phi) is 9.48.